The number of ether oxygens (including phenoxy) is 1. The van der Waals surface area contributed by atoms with Gasteiger partial charge in [0.25, 0.3) is 0 Å². The second kappa shape index (κ2) is 11.5. The molecule has 4 N–H and O–H groups in total. The van der Waals surface area contributed by atoms with E-state index in [1.54, 1.807) is 18.2 Å². The SMILES string of the molecule is CCCC(=O)Nc1cccc(CN=C(N)Nc2ccc(OC(F)(F)F)cc2)c1.I. The second-order valence-corrected chi connectivity index (χ2v) is 5.90. The van der Waals surface area contributed by atoms with Gasteiger partial charge in [-0.15, -0.1) is 37.1 Å². The van der Waals surface area contributed by atoms with Gasteiger partial charge in [0.2, 0.25) is 5.91 Å². The minimum Gasteiger partial charge on any atom is -0.406 e. The number of carbonyl (C=O) groups excluding carboxylic acids is 1. The summed E-state index contributed by atoms with van der Waals surface area (Å²) in [6.07, 6.45) is -3.52. The van der Waals surface area contributed by atoms with Crippen LogP contribution in [0, 0.1) is 0 Å². The highest BCUT2D eigenvalue weighted by molar-refractivity contribution is 14.0. The average Bonchev–Trinajstić information content (AvgIpc) is 2.61. The van der Waals surface area contributed by atoms with Crippen LogP contribution in [-0.4, -0.2) is 18.2 Å². The van der Waals surface area contributed by atoms with E-state index < -0.39 is 6.36 Å². The molecule has 1 amide bonds. The van der Waals surface area contributed by atoms with Gasteiger partial charge in [-0.25, -0.2) is 4.99 Å². The molecule has 0 aliphatic carbocycles. The zero-order chi connectivity index (χ0) is 20.6. The van der Waals surface area contributed by atoms with E-state index in [0.29, 0.717) is 17.8 Å². The molecule has 6 nitrogen and oxygen atoms in total. The Labute approximate surface area is 183 Å². The van der Waals surface area contributed by atoms with E-state index in [2.05, 4.69) is 20.4 Å². The first-order chi connectivity index (χ1) is 13.2. The van der Waals surface area contributed by atoms with Crippen LogP contribution in [0.25, 0.3) is 0 Å². The molecular weight excluding hydrogens is 500 g/mol. The normalized spacial score (nSPS) is 11.4. The lowest BCUT2D eigenvalue weighted by Crippen LogP contribution is -2.22. The molecule has 0 atom stereocenters. The van der Waals surface area contributed by atoms with Gasteiger partial charge in [0, 0.05) is 17.8 Å². The van der Waals surface area contributed by atoms with E-state index in [-0.39, 0.29) is 48.1 Å². The third-order valence-electron chi connectivity index (χ3n) is 3.48. The van der Waals surface area contributed by atoms with Crippen molar-refractivity contribution in [1.29, 1.82) is 0 Å². The molecule has 0 aliphatic heterocycles. The number of nitrogens with two attached hydrogens (primary N) is 1. The largest absolute Gasteiger partial charge is 0.573 e. The summed E-state index contributed by atoms with van der Waals surface area (Å²) in [5.41, 5.74) is 7.80. The van der Waals surface area contributed by atoms with Crippen molar-refractivity contribution >= 4 is 47.2 Å². The molecule has 2 aromatic rings. The number of rotatable bonds is 7. The molecule has 2 rings (SSSR count). The molecule has 0 saturated carbocycles. The molecule has 0 bridgehead atoms. The monoisotopic (exact) mass is 522 g/mol. The Bertz CT molecular complexity index is 827. The lowest BCUT2D eigenvalue weighted by molar-refractivity contribution is -0.274. The Balaban J connectivity index is 0.00000420. The highest BCUT2D eigenvalue weighted by atomic mass is 127. The van der Waals surface area contributed by atoms with Gasteiger partial charge in [0.05, 0.1) is 6.54 Å². The minimum absolute atomic E-state index is 0. The fraction of sp³-hybridized carbons (Fsp3) is 0.263. The molecule has 0 heterocycles. The molecular formula is C19H22F3IN4O2. The maximum absolute atomic E-state index is 12.2. The van der Waals surface area contributed by atoms with Gasteiger partial charge >= 0.3 is 6.36 Å². The van der Waals surface area contributed by atoms with Crippen LogP contribution in [-0.2, 0) is 11.3 Å². The highest BCUT2D eigenvalue weighted by Crippen LogP contribution is 2.23. The number of halogens is 4. The summed E-state index contributed by atoms with van der Waals surface area (Å²) in [4.78, 5) is 15.8. The van der Waals surface area contributed by atoms with E-state index in [0.717, 1.165) is 12.0 Å². The number of benzene rings is 2. The van der Waals surface area contributed by atoms with Crippen molar-refractivity contribution in [2.75, 3.05) is 10.6 Å². The third-order valence-corrected chi connectivity index (χ3v) is 3.48. The first-order valence-electron chi connectivity index (χ1n) is 8.56. The van der Waals surface area contributed by atoms with E-state index in [1.165, 1.54) is 24.3 Å². The standard InChI is InChI=1S/C19H21F3N4O2.HI/c1-2-4-17(27)25-15-6-3-5-13(11-15)12-24-18(23)26-14-7-9-16(10-8-14)28-19(20,21)22;/h3,5-11H,2,4,12H2,1H3,(H,25,27)(H3,23,24,26);1H. The van der Waals surface area contributed by atoms with Crippen LogP contribution in [0.15, 0.2) is 53.5 Å². The predicted molar refractivity (Wildman–Crippen MR) is 117 cm³/mol. The van der Waals surface area contributed by atoms with E-state index in [1.807, 2.05) is 13.0 Å². The zero-order valence-corrected chi connectivity index (χ0v) is 18.0. The average molecular weight is 522 g/mol. The second-order valence-electron chi connectivity index (χ2n) is 5.90. The molecule has 0 saturated heterocycles. The van der Waals surface area contributed by atoms with Crippen LogP contribution in [0.5, 0.6) is 5.75 Å². The Kier molecular flexibility index (Phi) is 9.72. The van der Waals surface area contributed by atoms with E-state index in [9.17, 15) is 18.0 Å². The number of hydrogen-bond acceptors (Lipinski definition) is 3. The molecule has 2 aromatic carbocycles. The fourth-order valence-electron chi connectivity index (χ4n) is 2.30. The van der Waals surface area contributed by atoms with Crippen molar-refractivity contribution in [3.63, 3.8) is 0 Å². The van der Waals surface area contributed by atoms with Crippen molar-refractivity contribution in [1.82, 2.24) is 0 Å². The summed E-state index contributed by atoms with van der Waals surface area (Å²) in [5.74, 6) is -0.275. The minimum atomic E-state index is -4.74. The van der Waals surface area contributed by atoms with Crippen molar-refractivity contribution in [3.05, 3.63) is 54.1 Å². The van der Waals surface area contributed by atoms with Crippen LogP contribution in [0.1, 0.15) is 25.3 Å². The number of guanidine groups is 1. The fourth-order valence-corrected chi connectivity index (χ4v) is 2.30. The summed E-state index contributed by atoms with van der Waals surface area (Å²) >= 11 is 0. The number of alkyl halides is 3. The molecule has 10 heteroatoms. The number of carbonyl (C=O) groups is 1. The number of aliphatic imine (C=N–C) groups is 1. The number of anilines is 2. The third kappa shape index (κ3) is 9.50. The van der Waals surface area contributed by atoms with Gasteiger partial charge in [0.15, 0.2) is 5.96 Å². The van der Waals surface area contributed by atoms with Gasteiger partial charge in [-0.05, 0) is 48.4 Å². The lowest BCUT2D eigenvalue weighted by Gasteiger charge is -2.10. The maximum Gasteiger partial charge on any atom is 0.573 e. The molecule has 0 unspecified atom stereocenters. The zero-order valence-electron chi connectivity index (χ0n) is 15.6. The van der Waals surface area contributed by atoms with Crippen molar-refractivity contribution in [2.45, 2.75) is 32.7 Å². The van der Waals surface area contributed by atoms with Crippen LogP contribution in [0.2, 0.25) is 0 Å². The first-order valence-corrected chi connectivity index (χ1v) is 8.56. The Hall–Kier alpha value is -2.50. The Morgan fingerprint density at radius 1 is 1.10 bits per heavy atom. The molecule has 0 aromatic heterocycles. The Morgan fingerprint density at radius 3 is 2.41 bits per heavy atom. The molecule has 29 heavy (non-hydrogen) atoms. The van der Waals surface area contributed by atoms with Gasteiger partial charge in [-0.3, -0.25) is 4.79 Å². The highest BCUT2D eigenvalue weighted by Gasteiger charge is 2.30. The first kappa shape index (κ1) is 24.5. The van der Waals surface area contributed by atoms with Gasteiger partial charge in [-0.1, -0.05) is 19.1 Å². The smallest absolute Gasteiger partial charge is 0.406 e. The Morgan fingerprint density at radius 2 is 1.79 bits per heavy atom. The van der Waals surface area contributed by atoms with Crippen LogP contribution in [0.3, 0.4) is 0 Å². The van der Waals surface area contributed by atoms with Gasteiger partial charge in [-0.2, -0.15) is 0 Å². The molecule has 0 aliphatic rings. The van der Waals surface area contributed by atoms with Crippen LogP contribution < -0.4 is 21.1 Å². The summed E-state index contributed by atoms with van der Waals surface area (Å²) in [5, 5.41) is 5.59. The molecule has 158 valence electrons. The summed E-state index contributed by atoms with van der Waals surface area (Å²) in [6.45, 7) is 2.20. The number of nitrogens with one attached hydrogen (secondary N) is 2. The number of amides is 1. The summed E-state index contributed by atoms with van der Waals surface area (Å²) in [6, 6.07) is 12.4. The van der Waals surface area contributed by atoms with Gasteiger partial charge < -0.3 is 21.1 Å². The topological polar surface area (TPSA) is 88.7 Å². The van der Waals surface area contributed by atoms with Crippen molar-refractivity contribution < 1.29 is 22.7 Å². The summed E-state index contributed by atoms with van der Waals surface area (Å²) < 4.78 is 40.3. The molecule has 0 fully saturated rings. The van der Waals surface area contributed by atoms with Gasteiger partial charge in [0.1, 0.15) is 5.75 Å². The molecule has 0 spiro atoms. The van der Waals surface area contributed by atoms with Crippen molar-refractivity contribution in [2.24, 2.45) is 10.7 Å². The van der Waals surface area contributed by atoms with E-state index >= 15 is 0 Å². The summed E-state index contributed by atoms with van der Waals surface area (Å²) in [7, 11) is 0. The lowest BCUT2D eigenvalue weighted by atomic mass is 10.2. The quantitative estimate of drug-likeness (QED) is 0.275. The maximum atomic E-state index is 12.2. The number of hydrogen-bond donors (Lipinski definition) is 3. The predicted octanol–water partition coefficient (Wildman–Crippen LogP) is 4.87. The molecule has 0 radical (unpaired) electrons. The van der Waals surface area contributed by atoms with E-state index in [4.69, 9.17) is 5.73 Å². The van der Waals surface area contributed by atoms with Crippen molar-refractivity contribution in [3.8, 4) is 5.75 Å². The van der Waals surface area contributed by atoms with Crippen LogP contribution in [0.4, 0.5) is 24.5 Å². The van der Waals surface area contributed by atoms with Crippen LogP contribution >= 0.6 is 24.0 Å². The number of nitrogens with zero attached hydrogens (tertiary/aromatic N) is 1.